The van der Waals surface area contributed by atoms with E-state index in [0.717, 1.165) is 29.2 Å². The Bertz CT molecular complexity index is 772. The molecule has 2 rings (SSSR count). The van der Waals surface area contributed by atoms with E-state index in [1.807, 2.05) is 0 Å². The van der Waals surface area contributed by atoms with Gasteiger partial charge in [-0.05, 0) is 30.3 Å². The quantitative estimate of drug-likeness (QED) is 0.524. The molecule has 0 aliphatic rings. The first-order chi connectivity index (χ1) is 10.8. The van der Waals surface area contributed by atoms with Crippen molar-refractivity contribution < 1.29 is 22.4 Å². The highest BCUT2D eigenvalue weighted by Crippen LogP contribution is 2.17. The molecule has 0 saturated carbocycles. The van der Waals surface area contributed by atoms with Crippen LogP contribution in [0.25, 0.3) is 0 Å². The molecule has 0 aromatic heterocycles. The average Bonchev–Trinajstić information content (AvgIpc) is 2.47. The molecule has 0 saturated heterocycles. The number of aliphatic imine (C=N–C) groups is 1. The first kappa shape index (κ1) is 16.5. The lowest BCUT2D eigenvalue weighted by Crippen LogP contribution is -2.38. The maximum atomic E-state index is 13.1. The summed E-state index contributed by atoms with van der Waals surface area (Å²) >= 11 is 0. The van der Waals surface area contributed by atoms with E-state index in [1.165, 1.54) is 7.05 Å². The van der Waals surface area contributed by atoms with Crippen LogP contribution in [-0.4, -0.2) is 23.8 Å². The molecule has 1 amide bonds. The first-order valence-electron chi connectivity index (χ1n) is 6.31. The Hall–Kier alpha value is -2.90. The highest BCUT2D eigenvalue weighted by atomic mass is 19.2. The van der Waals surface area contributed by atoms with Crippen LogP contribution in [0.5, 0.6) is 0 Å². The molecule has 23 heavy (non-hydrogen) atoms. The largest absolute Gasteiger partial charge is 0.369 e. The summed E-state index contributed by atoms with van der Waals surface area (Å²) in [5.41, 5.74) is 5.31. The molecule has 120 valence electrons. The minimum absolute atomic E-state index is 0.134. The van der Waals surface area contributed by atoms with Crippen LogP contribution in [0.3, 0.4) is 0 Å². The molecule has 2 N–H and O–H groups in total. The van der Waals surface area contributed by atoms with Gasteiger partial charge in [0.2, 0.25) is 5.96 Å². The number of amides is 1. The lowest BCUT2D eigenvalue weighted by atomic mass is 10.2. The lowest BCUT2D eigenvalue weighted by molar-refractivity contribution is 0.0869. The van der Waals surface area contributed by atoms with Crippen molar-refractivity contribution in [2.24, 2.45) is 10.7 Å². The van der Waals surface area contributed by atoms with Crippen molar-refractivity contribution in [3.8, 4) is 0 Å². The standard InChI is InChI=1S/C15H11F4N3O/c1-22(14(23)8-2-3-12(18)13(19)4-8)15(20)21-11-6-9(16)5-10(17)7-11/h2-7H,1H3,(H2,20,21). The summed E-state index contributed by atoms with van der Waals surface area (Å²) < 4.78 is 52.2. The third-order valence-electron chi connectivity index (χ3n) is 2.91. The van der Waals surface area contributed by atoms with E-state index < -0.39 is 29.2 Å². The normalized spacial score (nSPS) is 11.4. The number of benzene rings is 2. The fraction of sp³-hybridized carbons (Fsp3) is 0.0667. The van der Waals surface area contributed by atoms with Crippen LogP contribution in [0, 0.1) is 23.3 Å². The predicted octanol–water partition coefficient (Wildman–Crippen LogP) is 2.96. The van der Waals surface area contributed by atoms with Crippen LogP contribution in [0.15, 0.2) is 41.4 Å². The van der Waals surface area contributed by atoms with E-state index >= 15 is 0 Å². The second kappa shape index (κ2) is 6.47. The van der Waals surface area contributed by atoms with Crippen molar-refractivity contribution in [2.75, 3.05) is 7.05 Å². The minimum Gasteiger partial charge on any atom is -0.369 e. The van der Waals surface area contributed by atoms with Gasteiger partial charge in [-0.15, -0.1) is 0 Å². The van der Waals surface area contributed by atoms with Crippen LogP contribution >= 0.6 is 0 Å². The van der Waals surface area contributed by atoms with Gasteiger partial charge in [0.1, 0.15) is 11.6 Å². The Morgan fingerprint density at radius 3 is 2.17 bits per heavy atom. The van der Waals surface area contributed by atoms with Gasteiger partial charge in [0, 0.05) is 18.7 Å². The van der Waals surface area contributed by atoms with Crippen molar-refractivity contribution in [3.63, 3.8) is 0 Å². The first-order valence-corrected chi connectivity index (χ1v) is 6.31. The highest BCUT2D eigenvalue weighted by Gasteiger charge is 2.17. The number of guanidine groups is 1. The summed E-state index contributed by atoms with van der Waals surface area (Å²) in [5, 5.41) is 0. The molecule has 0 bridgehead atoms. The van der Waals surface area contributed by atoms with Crippen molar-refractivity contribution in [3.05, 3.63) is 65.2 Å². The fourth-order valence-corrected chi connectivity index (χ4v) is 1.74. The molecular formula is C15H11F4N3O. The van der Waals surface area contributed by atoms with Crippen LogP contribution in [-0.2, 0) is 0 Å². The van der Waals surface area contributed by atoms with Gasteiger partial charge in [0.05, 0.1) is 5.69 Å². The second-order valence-electron chi connectivity index (χ2n) is 4.59. The summed E-state index contributed by atoms with van der Waals surface area (Å²) in [6.45, 7) is 0. The molecule has 4 nitrogen and oxygen atoms in total. The maximum Gasteiger partial charge on any atom is 0.260 e. The van der Waals surface area contributed by atoms with Crippen molar-refractivity contribution in [2.45, 2.75) is 0 Å². The Labute approximate surface area is 128 Å². The lowest BCUT2D eigenvalue weighted by Gasteiger charge is -2.16. The Kier molecular flexibility index (Phi) is 4.63. The van der Waals surface area contributed by atoms with Gasteiger partial charge in [0.25, 0.3) is 5.91 Å². The summed E-state index contributed by atoms with van der Waals surface area (Å²) in [6.07, 6.45) is 0. The number of carbonyl (C=O) groups excluding carboxylic acids is 1. The molecule has 0 spiro atoms. The molecule has 0 aliphatic carbocycles. The van der Waals surface area contributed by atoms with Gasteiger partial charge in [0.15, 0.2) is 11.6 Å². The monoisotopic (exact) mass is 325 g/mol. The zero-order valence-corrected chi connectivity index (χ0v) is 11.9. The van der Waals surface area contributed by atoms with E-state index in [-0.39, 0.29) is 17.2 Å². The van der Waals surface area contributed by atoms with Crippen molar-refractivity contribution in [1.82, 2.24) is 4.90 Å². The van der Waals surface area contributed by atoms with Crippen LogP contribution < -0.4 is 5.73 Å². The zero-order valence-electron chi connectivity index (χ0n) is 11.9. The van der Waals surface area contributed by atoms with Crippen LogP contribution in [0.4, 0.5) is 23.2 Å². The molecule has 2 aromatic carbocycles. The number of nitrogens with zero attached hydrogens (tertiary/aromatic N) is 2. The zero-order chi connectivity index (χ0) is 17.1. The highest BCUT2D eigenvalue weighted by molar-refractivity contribution is 6.05. The number of nitrogens with two attached hydrogens (primary N) is 1. The molecule has 0 unspecified atom stereocenters. The van der Waals surface area contributed by atoms with E-state index in [4.69, 9.17) is 5.73 Å². The minimum atomic E-state index is -1.19. The summed E-state index contributed by atoms with van der Waals surface area (Å²) in [5.74, 6) is -5.13. The molecule has 2 aromatic rings. The summed E-state index contributed by atoms with van der Waals surface area (Å²) in [7, 11) is 1.23. The topological polar surface area (TPSA) is 58.7 Å². The molecule has 8 heteroatoms. The van der Waals surface area contributed by atoms with Gasteiger partial charge < -0.3 is 5.73 Å². The van der Waals surface area contributed by atoms with Gasteiger partial charge in [-0.25, -0.2) is 22.6 Å². The molecular weight excluding hydrogens is 314 g/mol. The number of carbonyl (C=O) groups is 1. The predicted molar refractivity (Wildman–Crippen MR) is 76.1 cm³/mol. The number of hydrogen-bond acceptors (Lipinski definition) is 2. The van der Waals surface area contributed by atoms with Crippen molar-refractivity contribution >= 4 is 17.6 Å². The third kappa shape index (κ3) is 3.85. The Balaban J connectivity index is 2.27. The molecule has 0 radical (unpaired) electrons. The smallest absolute Gasteiger partial charge is 0.260 e. The van der Waals surface area contributed by atoms with Crippen LogP contribution in [0.1, 0.15) is 10.4 Å². The van der Waals surface area contributed by atoms with Gasteiger partial charge in [-0.3, -0.25) is 9.69 Å². The third-order valence-corrected chi connectivity index (χ3v) is 2.91. The van der Waals surface area contributed by atoms with E-state index in [1.54, 1.807) is 0 Å². The number of hydrogen-bond donors (Lipinski definition) is 1. The van der Waals surface area contributed by atoms with E-state index in [0.29, 0.717) is 12.1 Å². The molecule has 0 aliphatic heterocycles. The van der Waals surface area contributed by atoms with Gasteiger partial charge >= 0.3 is 0 Å². The average molecular weight is 325 g/mol. The SMILES string of the molecule is CN(C(=O)c1ccc(F)c(F)c1)/C(N)=N\c1cc(F)cc(F)c1. The summed E-state index contributed by atoms with van der Waals surface area (Å²) in [4.78, 5) is 16.7. The molecule has 0 atom stereocenters. The molecule has 0 fully saturated rings. The fourth-order valence-electron chi connectivity index (χ4n) is 1.74. The number of halogens is 4. The second-order valence-corrected chi connectivity index (χ2v) is 4.59. The Morgan fingerprint density at radius 2 is 1.61 bits per heavy atom. The molecule has 0 heterocycles. The maximum absolute atomic E-state index is 13.1. The van der Waals surface area contributed by atoms with Crippen LogP contribution in [0.2, 0.25) is 0 Å². The van der Waals surface area contributed by atoms with E-state index in [2.05, 4.69) is 4.99 Å². The van der Waals surface area contributed by atoms with Crippen molar-refractivity contribution in [1.29, 1.82) is 0 Å². The number of rotatable bonds is 2. The Morgan fingerprint density at radius 1 is 1.00 bits per heavy atom. The van der Waals surface area contributed by atoms with Gasteiger partial charge in [-0.2, -0.15) is 0 Å². The van der Waals surface area contributed by atoms with E-state index in [9.17, 15) is 22.4 Å². The van der Waals surface area contributed by atoms with Gasteiger partial charge in [-0.1, -0.05) is 0 Å². The summed E-state index contributed by atoms with van der Waals surface area (Å²) in [6, 6.07) is 5.09.